The van der Waals surface area contributed by atoms with E-state index < -0.39 is 5.82 Å². The summed E-state index contributed by atoms with van der Waals surface area (Å²) in [6, 6.07) is 12.4. The third-order valence-corrected chi connectivity index (χ3v) is 4.01. The zero-order valence-electron chi connectivity index (χ0n) is 10.0. The number of hydrogen-bond acceptors (Lipinski definition) is 2. The fourth-order valence-corrected chi connectivity index (χ4v) is 2.56. The van der Waals surface area contributed by atoms with Gasteiger partial charge in [0.15, 0.2) is 0 Å². The van der Waals surface area contributed by atoms with Gasteiger partial charge in [0.05, 0.1) is 11.1 Å². The van der Waals surface area contributed by atoms with E-state index in [0.717, 1.165) is 10.0 Å². The molecule has 19 heavy (non-hydrogen) atoms. The minimum absolute atomic E-state index is 0.102. The average Bonchev–Trinajstić information content (AvgIpc) is 2.41. The molecule has 0 heterocycles. The van der Waals surface area contributed by atoms with Gasteiger partial charge < -0.3 is 0 Å². The van der Waals surface area contributed by atoms with Gasteiger partial charge >= 0.3 is 0 Å². The standard InChI is InChI=1S/C14H13BrClFN2/c15-11-6-2-1-4-9(11)8-13(19-18)10-5-3-7-12(16)14(10)17/h1-7,13,19H,8,18H2. The lowest BCUT2D eigenvalue weighted by atomic mass is 9.99. The first-order chi connectivity index (χ1) is 9.13. The van der Waals surface area contributed by atoms with E-state index in [1.807, 2.05) is 24.3 Å². The first-order valence-electron chi connectivity index (χ1n) is 5.77. The lowest BCUT2D eigenvalue weighted by Gasteiger charge is -2.18. The predicted octanol–water partition coefficient (Wildman–Crippen LogP) is 3.99. The van der Waals surface area contributed by atoms with Crippen LogP contribution in [0, 0.1) is 5.82 Å². The number of rotatable bonds is 4. The molecule has 0 aliphatic carbocycles. The van der Waals surface area contributed by atoms with Crippen molar-refractivity contribution in [2.45, 2.75) is 12.5 Å². The van der Waals surface area contributed by atoms with E-state index in [-0.39, 0.29) is 11.1 Å². The summed E-state index contributed by atoms with van der Waals surface area (Å²) in [6.07, 6.45) is 0.565. The summed E-state index contributed by atoms with van der Waals surface area (Å²) < 4.78 is 15.0. The fraction of sp³-hybridized carbons (Fsp3) is 0.143. The van der Waals surface area contributed by atoms with Gasteiger partial charge in [-0.25, -0.2) is 4.39 Å². The highest BCUT2D eigenvalue weighted by atomic mass is 79.9. The van der Waals surface area contributed by atoms with E-state index >= 15 is 0 Å². The van der Waals surface area contributed by atoms with Gasteiger partial charge in [0.1, 0.15) is 5.82 Å². The zero-order chi connectivity index (χ0) is 13.8. The highest BCUT2D eigenvalue weighted by Crippen LogP contribution is 2.27. The lowest BCUT2D eigenvalue weighted by molar-refractivity contribution is 0.510. The molecule has 0 bridgehead atoms. The van der Waals surface area contributed by atoms with Gasteiger partial charge in [-0.2, -0.15) is 0 Å². The maximum absolute atomic E-state index is 14.0. The molecule has 3 N–H and O–H groups in total. The van der Waals surface area contributed by atoms with Gasteiger partial charge in [0.2, 0.25) is 0 Å². The van der Waals surface area contributed by atoms with Gasteiger partial charge in [-0.1, -0.05) is 57.9 Å². The molecule has 0 fully saturated rings. The molecule has 2 aromatic rings. The number of nitrogens with one attached hydrogen (secondary N) is 1. The largest absolute Gasteiger partial charge is 0.271 e. The van der Waals surface area contributed by atoms with E-state index in [9.17, 15) is 4.39 Å². The molecule has 0 aliphatic heterocycles. The van der Waals surface area contributed by atoms with E-state index in [4.69, 9.17) is 17.4 Å². The average molecular weight is 344 g/mol. The highest BCUT2D eigenvalue weighted by Gasteiger charge is 2.17. The van der Waals surface area contributed by atoms with E-state index in [2.05, 4.69) is 21.4 Å². The van der Waals surface area contributed by atoms with Crippen molar-refractivity contribution in [2.24, 2.45) is 5.84 Å². The smallest absolute Gasteiger partial charge is 0.146 e. The quantitative estimate of drug-likeness (QED) is 0.651. The van der Waals surface area contributed by atoms with Crippen LogP contribution in [0.2, 0.25) is 5.02 Å². The summed E-state index contributed by atoms with van der Waals surface area (Å²) in [5, 5.41) is 0.102. The van der Waals surface area contributed by atoms with E-state index in [1.165, 1.54) is 6.07 Å². The van der Waals surface area contributed by atoms with Crippen LogP contribution in [0.25, 0.3) is 0 Å². The van der Waals surface area contributed by atoms with Crippen LogP contribution in [0.3, 0.4) is 0 Å². The molecular formula is C14H13BrClFN2. The lowest BCUT2D eigenvalue weighted by Crippen LogP contribution is -2.30. The molecule has 100 valence electrons. The Morgan fingerprint density at radius 1 is 1.21 bits per heavy atom. The minimum Gasteiger partial charge on any atom is -0.271 e. The molecule has 2 rings (SSSR count). The van der Waals surface area contributed by atoms with Crippen molar-refractivity contribution < 1.29 is 4.39 Å². The molecule has 2 nitrogen and oxygen atoms in total. The first kappa shape index (κ1) is 14.5. The Hall–Kier alpha value is -0.940. The van der Waals surface area contributed by atoms with Crippen molar-refractivity contribution in [3.63, 3.8) is 0 Å². The van der Waals surface area contributed by atoms with E-state index in [0.29, 0.717) is 12.0 Å². The van der Waals surface area contributed by atoms with Crippen LogP contribution in [0.1, 0.15) is 17.2 Å². The summed E-state index contributed by atoms with van der Waals surface area (Å²) in [6.45, 7) is 0. The molecule has 0 amide bonds. The number of hydrazine groups is 1. The molecule has 0 saturated heterocycles. The van der Waals surface area contributed by atoms with Gasteiger partial charge in [-0.05, 0) is 24.1 Å². The number of nitrogens with two attached hydrogens (primary N) is 1. The topological polar surface area (TPSA) is 38.0 Å². The molecule has 1 unspecified atom stereocenters. The van der Waals surface area contributed by atoms with Crippen LogP contribution in [-0.2, 0) is 6.42 Å². The van der Waals surface area contributed by atoms with Crippen LogP contribution < -0.4 is 11.3 Å². The molecule has 5 heteroatoms. The van der Waals surface area contributed by atoms with Crippen LogP contribution in [0.4, 0.5) is 4.39 Å². The van der Waals surface area contributed by atoms with Gasteiger partial charge in [0.25, 0.3) is 0 Å². The second-order valence-corrected chi connectivity index (χ2v) is 5.42. The molecule has 0 aliphatic rings. The summed E-state index contributed by atoms with van der Waals surface area (Å²) in [5.41, 5.74) is 4.15. The summed E-state index contributed by atoms with van der Waals surface area (Å²) in [7, 11) is 0. The van der Waals surface area contributed by atoms with Crippen molar-refractivity contribution in [3.8, 4) is 0 Å². The van der Waals surface area contributed by atoms with Crippen molar-refractivity contribution in [1.82, 2.24) is 5.43 Å². The Morgan fingerprint density at radius 3 is 2.63 bits per heavy atom. The fourth-order valence-electron chi connectivity index (χ4n) is 1.93. The van der Waals surface area contributed by atoms with Crippen LogP contribution in [-0.4, -0.2) is 0 Å². The number of halogens is 3. The number of hydrogen-bond donors (Lipinski definition) is 2. The third-order valence-electron chi connectivity index (χ3n) is 2.94. The van der Waals surface area contributed by atoms with Crippen LogP contribution >= 0.6 is 27.5 Å². The third kappa shape index (κ3) is 3.34. The van der Waals surface area contributed by atoms with Gasteiger partial charge in [-0.15, -0.1) is 0 Å². The SMILES string of the molecule is NNC(Cc1ccccc1Br)c1cccc(Cl)c1F. The molecular weight excluding hydrogens is 331 g/mol. The Balaban J connectivity index is 2.31. The van der Waals surface area contributed by atoms with Gasteiger partial charge in [-0.3, -0.25) is 11.3 Å². The zero-order valence-corrected chi connectivity index (χ0v) is 12.4. The maximum atomic E-state index is 14.0. The van der Waals surface area contributed by atoms with Crippen molar-refractivity contribution in [2.75, 3.05) is 0 Å². The molecule has 0 spiro atoms. The first-order valence-corrected chi connectivity index (χ1v) is 6.94. The van der Waals surface area contributed by atoms with E-state index in [1.54, 1.807) is 12.1 Å². The Labute approximate surface area is 124 Å². The Bertz CT molecular complexity index is 577. The Kier molecular flexibility index (Phi) is 4.93. The van der Waals surface area contributed by atoms with Crippen molar-refractivity contribution >= 4 is 27.5 Å². The predicted molar refractivity (Wildman–Crippen MR) is 79.3 cm³/mol. The maximum Gasteiger partial charge on any atom is 0.146 e. The highest BCUT2D eigenvalue weighted by molar-refractivity contribution is 9.10. The van der Waals surface area contributed by atoms with Crippen LogP contribution in [0.5, 0.6) is 0 Å². The normalized spacial score (nSPS) is 12.4. The van der Waals surface area contributed by atoms with Crippen LogP contribution in [0.15, 0.2) is 46.9 Å². The summed E-state index contributed by atoms with van der Waals surface area (Å²) in [4.78, 5) is 0. The second kappa shape index (κ2) is 6.48. The molecule has 0 saturated carbocycles. The van der Waals surface area contributed by atoms with Crippen molar-refractivity contribution in [1.29, 1.82) is 0 Å². The molecule has 0 radical (unpaired) electrons. The van der Waals surface area contributed by atoms with Crippen molar-refractivity contribution in [3.05, 3.63) is 68.9 Å². The summed E-state index contributed by atoms with van der Waals surface area (Å²) in [5.74, 6) is 5.12. The summed E-state index contributed by atoms with van der Waals surface area (Å²) >= 11 is 9.27. The Morgan fingerprint density at radius 2 is 1.95 bits per heavy atom. The minimum atomic E-state index is -0.431. The molecule has 2 aromatic carbocycles. The second-order valence-electron chi connectivity index (χ2n) is 4.16. The monoisotopic (exact) mass is 342 g/mol. The molecule has 1 atom stereocenters. The van der Waals surface area contributed by atoms with Gasteiger partial charge in [0, 0.05) is 10.0 Å². The number of benzene rings is 2. The molecule has 0 aromatic heterocycles.